The van der Waals surface area contributed by atoms with Crippen molar-refractivity contribution in [3.63, 3.8) is 0 Å². The first-order valence-corrected chi connectivity index (χ1v) is 7.53. The van der Waals surface area contributed by atoms with Crippen molar-refractivity contribution in [2.75, 3.05) is 0 Å². The third-order valence-corrected chi connectivity index (χ3v) is 4.23. The van der Waals surface area contributed by atoms with Gasteiger partial charge in [-0.2, -0.15) is 11.3 Å². The summed E-state index contributed by atoms with van der Waals surface area (Å²) >= 11 is 13.6. The highest BCUT2D eigenvalue weighted by Crippen LogP contribution is 2.22. The minimum Gasteiger partial charge on any atom is -0.310 e. The summed E-state index contributed by atoms with van der Waals surface area (Å²) in [6, 6.07) is 8.35. The fraction of sp³-hybridized carbons (Fsp3) is 0.286. The van der Waals surface area contributed by atoms with Gasteiger partial charge in [0, 0.05) is 12.6 Å². The molecular weight excluding hydrogens is 285 g/mol. The summed E-state index contributed by atoms with van der Waals surface area (Å²) in [5.41, 5.74) is 2.54. The molecule has 0 aliphatic rings. The van der Waals surface area contributed by atoms with Crippen molar-refractivity contribution in [1.82, 2.24) is 5.32 Å². The quantitative estimate of drug-likeness (QED) is 0.838. The predicted octanol–water partition coefficient (Wildman–Crippen LogP) is 4.78. The molecule has 2 aromatic rings. The standard InChI is InChI=1S/C14H15Cl2NS/c1-10(6-12-4-5-18-9-12)17-8-11-2-3-13(15)14(16)7-11/h2-5,7,9-10,17H,6,8H2,1H3. The molecule has 0 saturated heterocycles. The van der Waals surface area contributed by atoms with Crippen LogP contribution in [0.5, 0.6) is 0 Å². The molecule has 1 atom stereocenters. The number of hydrogen-bond acceptors (Lipinski definition) is 2. The van der Waals surface area contributed by atoms with Crippen molar-refractivity contribution in [2.24, 2.45) is 0 Å². The normalized spacial score (nSPS) is 12.6. The Hall–Kier alpha value is -0.540. The summed E-state index contributed by atoms with van der Waals surface area (Å²) in [7, 11) is 0. The Balaban J connectivity index is 1.85. The topological polar surface area (TPSA) is 12.0 Å². The Labute approximate surface area is 122 Å². The zero-order chi connectivity index (χ0) is 13.0. The molecule has 0 amide bonds. The molecule has 0 aliphatic heterocycles. The number of hydrogen-bond donors (Lipinski definition) is 1. The molecule has 0 radical (unpaired) electrons. The Bertz CT molecular complexity index is 497. The van der Waals surface area contributed by atoms with Crippen molar-refractivity contribution >= 4 is 34.5 Å². The number of rotatable bonds is 5. The second kappa shape index (κ2) is 6.58. The highest BCUT2D eigenvalue weighted by molar-refractivity contribution is 7.07. The van der Waals surface area contributed by atoms with Gasteiger partial charge in [-0.1, -0.05) is 29.3 Å². The minimum absolute atomic E-state index is 0.439. The first-order chi connectivity index (χ1) is 8.65. The van der Waals surface area contributed by atoms with Crippen LogP contribution in [0.15, 0.2) is 35.0 Å². The van der Waals surface area contributed by atoms with Gasteiger partial charge < -0.3 is 5.32 Å². The van der Waals surface area contributed by atoms with Crippen molar-refractivity contribution < 1.29 is 0 Å². The largest absolute Gasteiger partial charge is 0.310 e. The van der Waals surface area contributed by atoms with Crippen molar-refractivity contribution in [3.8, 4) is 0 Å². The molecule has 1 unspecified atom stereocenters. The minimum atomic E-state index is 0.439. The van der Waals surface area contributed by atoms with Crippen LogP contribution in [0.4, 0.5) is 0 Å². The van der Waals surface area contributed by atoms with Crippen molar-refractivity contribution in [1.29, 1.82) is 0 Å². The SMILES string of the molecule is CC(Cc1ccsc1)NCc1ccc(Cl)c(Cl)c1. The van der Waals surface area contributed by atoms with E-state index in [2.05, 4.69) is 29.1 Å². The lowest BCUT2D eigenvalue weighted by Gasteiger charge is -2.13. The molecule has 0 bridgehead atoms. The first kappa shape index (κ1) is 13.9. The van der Waals surface area contributed by atoms with E-state index in [0.717, 1.165) is 18.5 Å². The highest BCUT2D eigenvalue weighted by atomic mass is 35.5. The van der Waals surface area contributed by atoms with Gasteiger partial charge in [0.05, 0.1) is 10.0 Å². The lowest BCUT2D eigenvalue weighted by molar-refractivity contribution is 0.546. The highest BCUT2D eigenvalue weighted by Gasteiger charge is 2.05. The molecule has 1 N–H and O–H groups in total. The van der Waals surface area contributed by atoms with Gasteiger partial charge in [-0.3, -0.25) is 0 Å². The van der Waals surface area contributed by atoms with E-state index in [0.29, 0.717) is 16.1 Å². The summed E-state index contributed by atoms with van der Waals surface area (Å²) in [6.45, 7) is 3.00. The van der Waals surface area contributed by atoms with Gasteiger partial charge in [0.15, 0.2) is 0 Å². The van der Waals surface area contributed by atoms with Crippen LogP contribution in [0.1, 0.15) is 18.1 Å². The summed E-state index contributed by atoms with van der Waals surface area (Å²) in [6.07, 6.45) is 1.05. The lowest BCUT2D eigenvalue weighted by Crippen LogP contribution is -2.27. The van der Waals surface area contributed by atoms with E-state index in [-0.39, 0.29) is 0 Å². The van der Waals surface area contributed by atoms with E-state index in [1.165, 1.54) is 5.56 Å². The molecule has 0 saturated carbocycles. The maximum atomic E-state index is 5.99. The molecule has 1 aromatic carbocycles. The summed E-state index contributed by atoms with van der Waals surface area (Å²) in [5, 5.41) is 9.01. The van der Waals surface area contributed by atoms with Crippen molar-refractivity contribution in [2.45, 2.75) is 25.9 Å². The molecule has 0 aliphatic carbocycles. The van der Waals surface area contributed by atoms with Crippen LogP contribution in [0.25, 0.3) is 0 Å². The van der Waals surface area contributed by atoms with Crippen LogP contribution in [-0.2, 0) is 13.0 Å². The second-order valence-corrected chi connectivity index (χ2v) is 5.96. The maximum absolute atomic E-state index is 5.99. The zero-order valence-electron chi connectivity index (χ0n) is 10.1. The van der Waals surface area contributed by atoms with E-state index < -0.39 is 0 Å². The van der Waals surface area contributed by atoms with E-state index in [1.54, 1.807) is 11.3 Å². The molecule has 1 aromatic heterocycles. The average molecular weight is 300 g/mol. The third-order valence-electron chi connectivity index (χ3n) is 2.76. The number of nitrogens with one attached hydrogen (secondary N) is 1. The molecule has 96 valence electrons. The number of halogens is 2. The molecule has 1 nitrogen and oxygen atoms in total. The molecule has 1 heterocycles. The summed E-state index contributed by atoms with van der Waals surface area (Å²) in [5.74, 6) is 0. The number of benzene rings is 1. The van der Waals surface area contributed by atoms with Gasteiger partial charge in [0.25, 0.3) is 0 Å². The van der Waals surface area contributed by atoms with Crippen molar-refractivity contribution in [3.05, 3.63) is 56.2 Å². The van der Waals surface area contributed by atoms with Gasteiger partial charge in [-0.25, -0.2) is 0 Å². The van der Waals surface area contributed by atoms with Gasteiger partial charge >= 0.3 is 0 Å². The molecule has 0 spiro atoms. The van der Waals surface area contributed by atoms with Crippen LogP contribution in [0, 0.1) is 0 Å². The third kappa shape index (κ3) is 3.99. The van der Waals surface area contributed by atoms with Crippen LogP contribution < -0.4 is 5.32 Å². The molecule has 18 heavy (non-hydrogen) atoms. The smallest absolute Gasteiger partial charge is 0.0595 e. The van der Waals surface area contributed by atoms with Gasteiger partial charge in [-0.05, 0) is 53.4 Å². The van der Waals surface area contributed by atoms with Crippen LogP contribution in [0.3, 0.4) is 0 Å². The predicted molar refractivity (Wildman–Crippen MR) is 80.8 cm³/mol. The van der Waals surface area contributed by atoms with Gasteiger partial charge in [-0.15, -0.1) is 0 Å². The molecular formula is C14H15Cl2NS. The average Bonchev–Trinajstić information content (AvgIpc) is 2.83. The van der Waals surface area contributed by atoms with Crippen LogP contribution in [0.2, 0.25) is 10.0 Å². The number of thiophene rings is 1. The molecule has 2 rings (SSSR count). The maximum Gasteiger partial charge on any atom is 0.0595 e. The fourth-order valence-corrected chi connectivity index (χ4v) is 2.78. The van der Waals surface area contributed by atoms with Gasteiger partial charge in [0.2, 0.25) is 0 Å². The van der Waals surface area contributed by atoms with Gasteiger partial charge in [0.1, 0.15) is 0 Å². The Kier molecular flexibility index (Phi) is 5.07. The molecule has 0 fully saturated rings. The summed E-state index contributed by atoms with van der Waals surface area (Å²) in [4.78, 5) is 0. The lowest BCUT2D eigenvalue weighted by atomic mass is 10.1. The summed E-state index contributed by atoms with van der Waals surface area (Å²) < 4.78 is 0. The Morgan fingerprint density at radius 3 is 2.67 bits per heavy atom. The van der Waals surface area contributed by atoms with E-state index in [9.17, 15) is 0 Å². The van der Waals surface area contributed by atoms with E-state index in [1.807, 2.05) is 18.2 Å². The molecule has 4 heteroatoms. The Morgan fingerprint density at radius 2 is 2.00 bits per heavy atom. The Morgan fingerprint density at radius 1 is 1.17 bits per heavy atom. The van der Waals surface area contributed by atoms with E-state index in [4.69, 9.17) is 23.2 Å². The second-order valence-electron chi connectivity index (χ2n) is 4.37. The van der Waals surface area contributed by atoms with Crippen LogP contribution in [-0.4, -0.2) is 6.04 Å². The fourth-order valence-electron chi connectivity index (χ4n) is 1.78. The van der Waals surface area contributed by atoms with Crippen LogP contribution >= 0.6 is 34.5 Å². The monoisotopic (exact) mass is 299 g/mol. The van der Waals surface area contributed by atoms with E-state index >= 15 is 0 Å². The first-order valence-electron chi connectivity index (χ1n) is 5.83. The zero-order valence-corrected chi connectivity index (χ0v) is 12.4.